The largest absolute Gasteiger partial charge is 0.309 e. The first-order valence-corrected chi connectivity index (χ1v) is 15.2. The van der Waals surface area contributed by atoms with Crippen LogP contribution in [0.25, 0.3) is 77.6 Å². The first-order valence-electron chi connectivity index (χ1n) is 15.2. The molecule has 214 valence electrons. The van der Waals surface area contributed by atoms with Crippen LogP contribution in [0.3, 0.4) is 0 Å². The zero-order valence-electron chi connectivity index (χ0n) is 24.7. The summed E-state index contributed by atoms with van der Waals surface area (Å²) in [5, 5.41) is 14.6. The van der Waals surface area contributed by atoms with Crippen LogP contribution in [0.1, 0.15) is 5.69 Å². The van der Waals surface area contributed by atoms with Crippen molar-refractivity contribution < 1.29 is 0 Å². The zero-order valence-corrected chi connectivity index (χ0v) is 24.7. The van der Waals surface area contributed by atoms with E-state index in [1.54, 1.807) is 6.07 Å². The Balaban J connectivity index is 1.19. The highest BCUT2D eigenvalue weighted by Gasteiger charge is 2.16. The van der Waals surface area contributed by atoms with Gasteiger partial charge in [0.15, 0.2) is 5.82 Å². The smallest absolute Gasteiger partial charge is 0.161 e. The molecule has 0 aliphatic carbocycles. The molecule has 0 bridgehead atoms. The molecule has 0 aliphatic heterocycles. The van der Waals surface area contributed by atoms with Crippen LogP contribution in [0.5, 0.6) is 0 Å². The molecule has 6 aromatic carbocycles. The first-order chi connectivity index (χ1) is 22.8. The van der Waals surface area contributed by atoms with Crippen molar-refractivity contribution in [2.45, 2.75) is 0 Å². The molecule has 0 spiro atoms. The number of aromatic nitrogens is 4. The molecule has 5 nitrogen and oxygen atoms in total. The average Bonchev–Trinajstić information content (AvgIpc) is 3.64. The van der Waals surface area contributed by atoms with Crippen molar-refractivity contribution in [3.05, 3.63) is 157 Å². The van der Waals surface area contributed by atoms with E-state index in [0.717, 1.165) is 39.2 Å². The van der Waals surface area contributed by atoms with Crippen LogP contribution in [-0.2, 0) is 0 Å². The van der Waals surface area contributed by atoms with E-state index in [-0.39, 0.29) is 0 Å². The molecule has 0 radical (unpaired) electrons. The Morgan fingerprint density at radius 1 is 0.435 bits per heavy atom. The lowest BCUT2D eigenvalue weighted by Crippen LogP contribution is -1.97. The van der Waals surface area contributed by atoms with Gasteiger partial charge in [-0.1, -0.05) is 84.9 Å². The van der Waals surface area contributed by atoms with Crippen LogP contribution in [0.2, 0.25) is 0 Å². The van der Waals surface area contributed by atoms with Gasteiger partial charge in [-0.25, -0.2) is 9.97 Å². The van der Waals surface area contributed by atoms with Gasteiger partial charge in [-0.05, 0) is 60.7 Å². The predicted molar refractivity (Wildman–Crippen MR) is 186 cm³/mol. The van der Waals surface area contributed by atoms with Gasteiger partial charge >= 0.3 is 0 Å². The van der Waals surface area contributed by atoms with Crippen molar-refractivity contribution >= 4 is 43.6 Å². The van der Waals surface area contributed by atoms with E-state index < -0.39 is 0 Å². The molecule has 9 aromatic rings. The highest BCUT2D eigenvalue weighted by molar-refractivity contribution is 6.12. The minimum absolute atomic E-state index is 0.342. The van der Waals surface area contributed by atoms with Crippen LogP contribution < -0.4 is 0 Å². The monoisotopic (exact) mass is 587 g/mol. The SMILES string of the molecule is N#Cc1cc(-c2ccccc2)nc(-c2ccc(-n3c4ccccc4c4cc(-n5c6ccccc6c6ccccc65)ccc43)cc2)n1. The topological polar surface area (TPSA) is 59.4 Å². The summed E-state index contributed by atoms with van der Waals surface area (Å²) in [4.78, 5) is 9.36. The fraction of sp³-hybridized carbons (Fsp3) is 0. The van der Waals surface area contributed by atoms with E-state index in [9.17, 15) is 5.26 Å². The van der Waals surface area contributed by atoms with Gasteiger partial charge in [-0.15, -0.1) is 0 Å². The minimum Gasteiger partial charge on any atom is -0.309 e. The Morgan fingerprint density at radius 2 is 0.957 bits per heavy atom. The molecule has 0 N–H and O–H groups in total. The van der Waals surface area contributed by atoms with Crippen molar-refractivity contribution in [3.63, 3.8) is 0 Å². The molecule has 5 heteroatoms. The summed E-state index contributed by atoms with van der Waals surface area (Å²) >= 11 is 0. The molecular formula is C41H25N5. The van der Waals surface area contributed by atoms with Crippen LogP contribution in [0, 0.1) is 11.3 Å². The summed E-state index contributed by atoms with van der Waals surface area (Å²) < 4.78 is 4.68. The number of hydrogen-bond acceptors (Lipinski definition) is 3. The second-order valence-corrected chi connectivity index (χ2v) is 11.4. The molecular weight excluding hydrogens is 562 g/mol. The van der Waals surface area contributed by atoms with Gasteiger partial charge in [-0.2, -0.15) is 5.26 Å². The van der Waals surface area contributed by atoms with Gasteiger partial charge < -0.3 is 9.13 Å². The number of benzene rings is 6. The minimum atomic E-state index is 0.342. The van der Waals surface area contributed by atoms with Crippen molar-refractivity contribution in [3.8, 4) is 40.1 Å². The fourth-order valence-corrected chi connectivity index (χ4v) is 6.73. The van der Waals surface area contributed by atoms with Crippen LogP contribution in [-0.4, -0.2) is 19.1 Å². The number of nitriles is 1. The third-order valence-corrected chi connectivity index (χ3v) is 8.79. The maximum atomic E-state index is 9.69. The Labute approximate surface area is 264 Å². The van der Waals surface area contributed by atoms with E-state index >= 15 is 0 Å². The third kappa shape index (κ3) is 4.02. The lowest BCUT2D eigenvalue weighted by atomic mass is 10.1. The van der Waals surface area contributed by atoms with E-state index in [0.29, 0.717) is 11.5 Å². The quantitative estimate of drug-likeness (QED) is 0.206. The molecule has 9 rings (SSSR count). The molecule has 0 unspecified atom stereocenters. The maximum Gasteiger partial charge on any atom is 0.161 e. The summed E-state index contributed by atoms with van der Waals surface area (Å²) in [6.07, 6.45) is 0. The van der Waals surface area contributed by atoms with Crippen LogP contribution >= 0.6 is 0 Å². The van der Waals surface area contributed by atoms with Crippen molar-refractivity contribution in [2.75, 3.05) is 0 Å². The number of rotatable bonds is 4. The third-order valence-electron chi connectivity index (χ3n) is 8.79. The Morgan fingerprint density at radius 3 is 1.59 bits per heavy atom. The molecule has 0 fully saturated rings. The van der Waals surface area contributed by atoms with E-state index in [4.69, 9.17) is 4.98 Å². The van der Waals surface area contributed by atoms with E-state index in [2.05, 4.69) is 123 Å². The van der Waals surface area contributed by atoms with Crippen molar-refractivity contribution in [2.24, 2.45) is 0 Å². The standard InChI is InChI=1S/C41H25N5/c42-26-29-24-36(27-10-2-1-3-11-27)44-41(43-29)28-18-20-30(21-19-28)45-39-17-9-6-14-34(39)35-25-31(22-23-40(35)45)46-37-15-7-4-12-32(37)33-13-5-8-16-38(33)46/h1-25H. The molecule has 0 saturated heterocycles. The molecule has 0 aliphatic rings. The van der Waals surface area contributed by atoms with Gasteiger partial charge in [0.25, 0.3) is 0 Å². The van der Waals surface area contributed by atoms with E-state index in [1.807, 2.05) is 42.5 Å². The van der Waals surface area contributed by atoms with Gasteiger partial charge in [-0.3, -0.25) is 0 Å². The normalized spacial score (nSPS) is 11.5. The molecule has 46 heavy (non-hydrogen) atoms. The molecule has 3 heterocycles. The second-order valence-electron chi connectivity index (χ2n) is 11.4. The fourth-order valence-electron chi connectivity index (χ4n) is 6.73. The zero-order chi connectivity index (χ0) is 30.6. The highest BCUT2D eigenvalue weighted by Crippen LogP contribution is 2.37. The molecule has 0 atom stereocenters. The predicted octanol–water partition coefficient (Wildman–Crippen LogP) is 9.88. The van der Waals surface area contributed by atoms with Gasteiger partial charge in [0.2, 0.25) is 0 Å². The number of fused-ring (bicyclic) bond motifs is 6. The number of para-hydroxylation sites is 3. The first kappa shape index (κ1) is 25.9. The summed E-state index contributed by atoms with van der Waals surface area (Å²) in [6.45, 7) is 0. The molecule has 3 aromatic heterocycles. The lowest BCUT2D eigenvalue weighted by molar-refractivity contribution is 1.14. The Hall–Kier alpha value is -6.51. The Bertz CT molecular complexity index is 2580. The van der Waals surface area contributed by atoms with Gasteiger partial charge in [0.1, 0.15) is 11.8 Å². The summed E-state index contributed by atoms with van der Waals surface area (Å²) in [7, 11) is 0. The Kier molecular flexibility index (Phi) is 5.81. The number of nitrogens with zero attached hydrogens (tertiary/aromatic N) is 5. The van der Waals surface area contributed by atoms with Crippen molar-refractivity contribution in [1.82, 2.24) is 19.1 Å². The summed E-state index contributed by atoms with van der Waals surface area (Å²) in [5.41, 5.74) is 9.71. The average molecular weight is 588 g/mol. The maximum absolute atomic E-state index is 9.69. The summed E-state index contributed by atoms with van der Waals surface area (Å²) in [6, 6.07) is 54.7. The van der Waals surface area contributed by atoms with Crippen molar-refractivity contribution in [1.29, 1.82) is 5.26 Å². The van der Waals surface area contributed by atoms with Crippen LogP contribution in [0.4, 0.5) is 0 Å². The lowest BCUT2D eigenvalue weighted by Gasteiger charge is -2.11. The van der Waals surface area contributed by atoms with Gasteiger partial charge in [0, 0.05) is 50.1 Å². The number of hydrogen-bond donors (Lipinski definition) is 0. The van der Waals surface area contributed by atoms with Gasteiger partial charge in [0.05, 0.1) is 27.8 Å². The van der Waals surface area contributed by atoms with Crippen LogP contribution in [0.15, 0.2) is 152 Å². The summed E-state index contributed by atoms with van der Waals surface area (Å²) in [5.74, 6) is 0.530. The molecule has 0 amide bonds. The molecule has 0 saturated carbocycles. The second kappa shape index (κ2) is 10.3. The van der Waals surface area contributed by atoms with E-state index in [1.165, 1.54) is 32.6 Å². The highest BCUT2D eigenvalue weighted by atomic mass is 15.0.